The zero-order valence-corrected chi connectivity index (χ0v) is 11.1. The Kier molecular flexibility index (Phi) is 3.89. The highest BCUT2D eigenvalue weighted by Gasteiger charge is 2.31. The number of rotatable bonds is 6. The van der Waals surface area contributed by atoms with Crippen LogP contribution in [-0.4, -0.2) is 11.5 Å². The van der Waals surface area contributed by atoms with Crippen LogP contribution in [0.2, 0.25) is 0 Å². The van der Waals surface area contributed by atoms with Crippen LogP contribution >= 0.6 is 0 Å². The second kappa shape index (κ2) is 5.98. The molecule has 0 radical (unpaired) electrons. The molecule has 0 saturated heterocycles. The van der Waals surface area contributed by atoms with Gasteiger partial charge >= 0.3 is 0 Å². The van der Waals surface area contributed by atoms with Crippen LogP contribution in [0.4, 0.5) is 0 Å². The maximum absolute atomic E-state index is 4.37. The van der Waals surface area contributed by atoms with Crippen molar-refractivity contribution < 1.29 is 0 Å². The number of nitrogens with zero attached hydrogens (tertiary/aromatic N) is 1. The Bertz CT molecular complexity index is 491. The first-order valence-electron chi connectivity index (χ1n) is 7.12. The summed E-state index contributed by atoms with van der Waals surface area (Å²) in [4.78, 5) is 4.37. The van der Waals surface area contributed by atoms with Gasteiger partial charge in [-0.05, 0) is 36.5 Å². The van der Waals surface area contributed by atoms with Crippen LogP contribution in [0.15, 0.2) is 54.7 Å². The second-order valence-electron chi connectivity index (χ2n) is 5.25. The predicted molar refractivity (Wildman–Crippen MR) is 77.9 cm³/mol. The third kappa shape index (κ3) is 3.42. The van der Waals surface area contributed by atoms with Crippen molar-refractivity contribution in [1.29, 1.82) is 0 Å². The molecule has 1 aliphatic rings. The minimum atomic E-state index is 0.518. The van der Waals surface area contributed by atoms with Gasteiger partial charge in [0.1, 0.15) is 0 Å². The molecular formula is C17H20N2. The van der Waals surface area contributed by atoms with E-state index in [0.717, 1.165) is 24.6 Å². The Morgan fingerprint density at radius 3 is 2.53 bits per heavy atom. The fourth-order valence-corrected chi connectivity index (χ4v) is 2.55. The van der Waals surface area contributed by atoms with Gasteiger partial charge < -0.3 is 5.32 Å². The minimum Gasteiger partial charge on any atom is -0.309 e. The second-order valence-corrected chi connectivity index (χ2v) is 5.25. The van der Waals surface area contributed by atoms with Crippen LogP contribution < -0.4 is 5.32 Å². The summed E-state index contributed by atoms with van der Waals surface area (Å²) >= 11 is 0. The standard InChI is InChI=1S/C17H20N2/c1-2-6-14(7-3-1)17(15-9-10-15)19-13-11-16-8-4-5-12-18-16/h1-8,12,15,17,19H,9-11,13H2. The summed E-state index contributed by atoms with van der Waals surface area (Å²) in [7, 11) is 0. The van der Waals surface area contributed by atoms with E-state index in [1.165, 1.54) is 18.4 Å². The molecule has 2 heteroatoms. The third-order valence-corrected chi connectivity index (χ3v) is 3.72. The van der Waals surface area contributed by atoms with Gasteiger partial charge in [-0.1, -0.05) is 36.4 Å². The lowest BCUT2D eigenvalue weighted by Gasteiger charge is -2.18. The normalized spacial score (nSPS) is 16.2. The first-order valence-corrected chi connectivity index (χ1v) is 7.12. The number of nitrogens with one attached hydrogen (secondary N) is 1. The average molecular weight is 252 g/mol. The van der Waals surface area contributed by atoms with Crippen LogP contribution in [0, 0.1) is 5.92 Å². The smallest absolute Gasteiger partial charge is 0.0416 e. The molecule has 1 fully saturated rings. The molecule has 0 amide bonds. The van der Waals surface area contributed by atoms with E-state index >= 15 is 0 Å². The van der Waals surface area contributed by atoms with Gasteiger partial charge in [-0.15, -0.1) is 0 Å². The lowest BCUT2D eigenvalue weighted by Crippen LogP contribution is -2.25. The monoisotopic (exact) mass is 252 g/mol. The molecule has 2 aromatic rings. The predicted octanol–water partition coefficient (Wildman–Crippen LogP) is 3.37. The van der Waals surface area contributed by atoms with Crippen molar-refractivity contribution in [2.75, 3.05) is 6.54 Å². The minimum absolute atomic E-state index is 0.518. The number of aromatic nitrogens is 1. The molecule has 0 spiro atoms. The van der Waals surface area contributed by atoms with Gasteiger partial charge in [0.25, 0.3) is 0 Å². The van der Waals surface area contributed by atoms with Gasteiger partial charge in [0, 0.05) is 30.9 Å². The average Bonchev–Trinajstić information content (AvgIpc) is 3.30. The highest BCUT2D eigenvalue weighted by atomic mass is 14.9. The van der Waals surface area contributed by atoms with Crippen molar-refractivity contribution in [3.8, 4) is 0 Å². The van der Waals surface area contributed by atoms with Crippen molar-refractivity contribution in [3.05, 3.63) is 66.0 Å². The molecule has 1 aromatic heterocycles. The molecule has 0 bridgehead atoms. The molecular weight excluding hydrogens is 232 g/mol. The molecule has 1 aromatic carbocycles. The van der Waals surface area contributed by atoms with Crippen molar-refractivity contribution in [3.63, 3.8) is 0 Å². The highest BCUT2D eigenvalue weighted by molar-refractivity contribution is 5.21. The maximum Gasteiger partial charge on any atom is 0.0416 e. The zero-order chi connectivity index (χ0) is 12.9. The first kappa shape index (κ1) is 12.4. The van der Waals surface area contributed by atoms with Gasteiger partial charge in [0.05, 0.1) is 0 Å². The molecule has 1 N–H and O–H groups in total. The van der Waals surface area contributed by atoms with Crippen LogP contribution in [0.25, 0.3) is 0 Å². The van der Waals surface area contributed by atoms with Crippen molar-refractivity contribution in [2.24, 2.45) is 5.92 Å². The summed E-state index contributed by atoms with van der Waals surface area (Å²) in [6, 6.07) is 17.4. The first-order chi connectivity index (χ1) is 9.43. The molecule has 3 rings (SSSR count). The molecule has 1 unspecified atom stereocenters. The summed E-state index contributed by atoms with van der Waals surface area (Å²) in [5.74, 6) is 0.825. The van der Waals surface area contributed by atoms with Crippen LogP contribution in [0.1, 0.15) is 30.1 Å². The fourth-order valence-electron chi connectivity index (χ4n) is 2.55. The van der Waals surface area contributed by atoms with Gasteiger partial charge in [0.2, 0.25) is 0 Å². The molecule has 1 saturated carbocycles. The quantitative estimate of drug-likeness (QED) is 0.852. The van der Waals surface area contributed by atoms with E-state index in [1.807, 2.05) is 12.3 Å². The molecule has 19 heavy (non-hydrogen) atoms. The molecule has 0 aliphatic heterocycles. The Labute approximate surface area is 114 Å². The number of hydrogen-bond acceptors (Lipinski definition) is 2. The topological polar surface area (TPSA) is 24.9 Å². The molecule has 2 nitrogen and oxygen atoms in total. The summed E-state index contributed by atoms with van der Waals surface area (Å²) < 4.78 is 0. The van der Waals surface area contributed by atoms with Crippen LogP contribution in [-0.2, 0) is 6.42 Å². The molecule has 1 aliphatic carbocycles. The van der Waals surface area contributed by atoms with Gasteiger partial charge in [-0.3, -0.25) is 4.98 Å². The Morgan fingerprint density at radius 2 is 1.84 bits per heavy atom. The SMILES string of the molecule is c1ccc(C(NCCc2ccccn2)C2CC2)cc1. The third-order valence-electron chi connectivity index (χ3n) is 3.72. The number of pyridine rings is 1. The van der Waals surface area contributed by atoms with Crippen LogP contribution in [0.3, 0.4) is 0 Å². The highest BCUT2D eigenvalue weighted by Crippen LogP contribution is 2.40. The summed E-state index contributed by atoms with van der Waals surface area (Å²) in [6.07, 6.45) is 5.58. The van der Waals surface area contributed by atoms with E-state index in [0.29, 0.717) is 6.04 Å². The van der Waals surface area contributed by atoms with Crippen molar-refractivity contribution >= 4 is 0 Å². The fraction of sp³-hybridized carbons (Fsp3) is 0.353. The van der Waals surface area contributed by atoms with E-state index in [-0.39, 0.29) is 0 Å². The van der Waals surface area contributed by atoms with E-state index in [9.17, 15) is 0 Å². The number of hydrogen-bond donors (Lipinski definition) is 1. The maximum atomic E-state index is 4.37. The van der Waals surface area contributed by atoms with E-state index < -0.39 is 0 Å². The molecule has 1 heterocycles. The zero-order valence-electron chi connectivity index (χ0n) is 11.1. The Balaban J connectivity index is 1.57. The lowest BCUT2D eigenvalue weighted by atomic mass is 10.0. The van der Waals surface area contributed by atoms with Gasteiger partial charge in [-0.25, -0.2) is 0 Å². The summed E-state index contributed by atoms with van der Waals surface area (Å²) in [5, 5.41) is 3.71. The van der Waals surface area contributed by atoms with Gasteiger partial charge in [0.15, 0.2) is 0 Å². The largest absolute Gasteiger partial charge is 0.309 e. The van der Waals surface area contributed by atoms with E-state index in [2.05, 4.69) is 52.8 Å². The lowest BCUT2D eigenvalue weighted by molar-refractivity contribution is 0.483. The molecule has 98 valence electrons. The molecule has 1 atom stereocenters. The summed E-state index contributed by atoms with van der Waals surface area (Å²) in [6.45, 7) is 0.993. The van der Waals surface area contributed by atoms with Crippen molar-refractivity contribution in [2.45, 2.75) is 25.3 Å². The summed E-state index contributed by atoms with van der Waals surface area (Å²) in [5.41, 5.74) is 2.59. The van der Waals surface area contributed by atoms with Gasteiger partial charge in [-0.2, -0.15) is 0 Å². The van der Waals surface area contributed by atoms with Crippen LogP contribution in [0.5, 0.6) is 0 Å². The van der Waals surface area contributed by atoms with E-state index in [1.54, 1.807) is 0 Å². The van der Waals surface area contributed by atoms with E-state index in [4.69, 9.17) is 0 Å². The number of benzene rings is 1. The van der Waals surface area contributed by atoms with Crippen molar-refractivity contribution in [1.82, 2.24) is 10.3 Å². The Morgan fingerprint density at radius 1 is 1.05 bits per heavy atom. The Hall–Kier alpha value is -1.67.